The van der Waals surface area contributed by atoms with Gasteiger partial charge in [-0.05, 0) is 30.5 Å². The summed E-state index contributed by atoms with van der Waals surface area (Å²) in [6.45, 7) is 0. The molecule has 1 aromatic heterocycles. The molecule has 1 N–H and O–H groups in total. The Bertz CT molecular complexity index is 567. The minimum Gasteiger partial charge on any atom is -0.393 e. The number of aryl methyl sites for hydroxylation is 1. The maximum Gasteiger partial charge on any atom is 0.0974 e. The lowest BCUT2D eigenvalue weighted by Crippen LogP contribution is -2.17. The normalized spacial score (nSPS) is 18.7. The number of fused-ring (bicyclic) bond motifs is 1. The lowest BCUT2D eigenvalue weighted by Gasteiger charge is -2.14. The van der Waals surface area contributed by atoms with Crippen LogP contribution < -0.4 is 0 Å². The maximum atomic E-state index is 9.65. The lowest BCUT2D eigenvalue weighted by molar-refractivity contribution is 0.159. The smallest absolute Gasteiger partial charge is 0.0974 e. The Hall–Kier alpha value is -0.900. The third-order valence-electron chi connectivity index (χ3n) is 3.20. The lowest BCUT2D eigenvalue weighted by atomic mass is 10.0. The average molecular weight is 280 g/mol. The predicted molar refractivity (Wildman–Crippen MR) is 74.4 cm³/mol. The van der Waals surface area contributed by atoms with Crippen LogP contribution in [0.4, 0.5) is 0 Å². The van der Waals surface area contributed by atoms with E-state index in [4.69, 9.17) is 11.6 Å². The summed E-state index contributed by atoms with van der Waals surface area (Å²) < 4.78 is 0. The van der Waals surface area contributed by atoms with Crippen LogP contribution in [0.15, 0.2) is 24.3 Å². The zero-order valence-corrected chi connectivity index (χ0v) is 11.5. The van der Waals surface area contributed by atoms with Gasteiger partial charge in [-0.3, -0.25) is 0 Å². The third kappa shape index (κ3) is 2.58. The van der Waals surface area contributed by atoms with Gasteiger partial charge in [0.05, 0.1) is 16.8 Å². The van der Waals surface area contributed by atoms with E-state index in [1.807, 2.05) is 18.2 Å². The summed E-state index contributed by atoms with van der Waals surface area (Å²) in [7, 11) is 0. The zero-order valence-electron chi connectivity index (χ0n) is 9.90. The molecule has 0 fully saturated rings. The second-order valence-electron chi connectivity index (χ2n) is 4.68. The molecule has 94 valence electrons. The van der Waals surface area contributed by atoms with Gasteiger partial charge in [0, 0.05) is 22.7 Å². The van der Waals surface area contributed by atoms with E-state index in [9.17, 15) is 5.11 Å². The number of hydrogen-bond donors (Lipinski definition) is 1. The third-order valence-corrected chi connectivity index (χ3v) is 4.56. The fourth-order valence-corrected chi connectivity index (χ4v) is 3.74. The minimum absolute atomic E-state index is 0.183. The molecule has 0 saturated carbocycles. The quantitative estimate of drug-likeness (QED) is 0.915. The van der Waals surface area contributed by atoms with Crippen LogP contribution in [-0.2, 0) is 19.3 Å². The zero-order chi connectivity index (χ0) is 12.5. The number of halogens is 1. The first-order chi connectivity index (χ1) is 8.70. The Labute approximate surface area is 115 Å². The van der Waals surface area contributed by atoms with Crippen molar-refractivity contribution >= 4 is 22.9 Å². The monoisotopic (exact) mass is 279 g/mol. The average Bonchev–Trinajstić information content (AvgIpc) is 2.70. The summed E-state index contributed by atoms with van der Waals surface area (Å²) in [6, 6.07) is 7.90. The number of rotatable bonds is 2. The number of benzene rings is 1. The van der Waals surface area contributed by atoms with E-state index in [-0.39, 0.29) is 6.10 Å². The highest BCUT2D eigenvalue weighted by molar-refractivity contribution is 7.11. The van der Waals surface area contributed by atoms with Gasteiger partial charge in [0.2, 0.25) is 0 Å². The minimum atomic E-state index is -0.183. The first-order valence-corrected chi connectivity index (χ1v) is 7.30. The van der Waals surface area contributed by atoms with E-state index < -0.39 is 0 Å². The number of thiazole rings is 1. The molecule has 0 amide bonds. The van der Waals surface area contributed by atoms with Crippen molar-refractivity contribution in [1.82, 2.24) is 4.98 Å². The van der Waals surface area contributed by atoms with Crippen molar-refractivity contribution < 1.29 is 5.11 Å². The highest BCUT2D eigenvalue weighted by Gasteiger charge is 2.20. The SMILES string of the molecule is OC1CCc2nc(Cc3cccc(Cl)c3)sc2C1. The van der Waals surface area contributed by atoms with E-state index in [1.165, 1.54) is 16.1 Å². The first-order valence-electron chi connectivity index (χ1n) is 6.10. The van der Waals surface area contributed by atoms with E-state index in [1.54, 1.807) is 11.3 Å². The van der Waals surface area contributed by atoms with Crippen LogP contribution in [0.3, 0.4) is 0 Å². The molecule has 2 aromatic rings. The Morgan fingerprint density at radius 1 is 1.44 bits per heavy atom. The number of hydrogen-bond acceptors (Lipinski definition) is 3. The Balaban J connectivity index is 1.82. The second kappa shape index (κ2) is 5.00. The molecule has 0 spiro atoms. The molecular formula is C14H14ClNOS. The van der Waals surface area contributed by atoms with Crippen LogP contribution >= 0.6 is 22.9 Å². The fraction of sp³-hybridized carbons (Fsp3) is 0.357. The molecule has 0 radical (unpaired) electrons. The molecule has 0 saturated heterocycles. The predicted octanol–water partition coefficient (Wildman–Crippen LogP) is 3.24. The van der Waals surface area contributed by atoms with Crippen molar-refractivity contribution in [1.29, 1.82) is 0 Å². The van der Waals surface area contributed by atoms with Crippen molar-refractivity contribution in [3.63, 3.8) is 0 Å². The molecule has 4 heteroatoms. The highest BCUT2D eigenvalue weighted by atomic mass is 35.5. The number of aliphatic hydroxyl groups excluding tert-OH is 1. The van der Waals surface area contributed by atoms with E-state index in [2.05, 4.69) is 11.1 Å². The highest BCUT2D eigenvalue weighted by Crippen LogP contribution is 2.28. The summed E-state index contributed by atoms with van der Waals surface area (Å²) in [5.74, 6) is 0. The molecule has 1 heterocycles. The van der Waals surface area contributed by atoms with Gasteiger partial charge in [-0.2, -0.15) is 0 Å². The van der Waals surface area contributed by atoms with Gasteiger partial charge < -0.3 is 5.11 Å². The molecule has 1 atom stereocenters. The molecule has 0 aliphatic heterocycles. The molecule has 1 aliphatic carbocycles. The van der Waals surface area contributed by atoms with Crippen LogP contribution in [0, 0.1) is 0 Å². The Morgan fingerprint density at radius 3 is 3.17 bits per heavy atom. The van der Waals surface area contributed by atoms with Crippen LogP contribution in [0.5, 0.6) is 0 Å². The summed E-state index contributed by atoms with van der Waals surface area (Å²) in [5.41, 5.74) is 2.37. The summed E-state index contributed by atoms with van der Waals surface area (Å²) >= 11 is 7.71. The standard InChI is InChI=1S/C14H14ClNOS/c15-10-3-1-2-9(6-10)7-14-16-12-5-4-11(17)8-13(12)18-14/h1-3,6,11,17H,4-5,7-8H2. The largest absolute Gasteiger partial charge is 0.393 e. The molecular weight excluding hydrogens is 266 g/mol. The van der Waals surface area contributed by atoms with E-state index in [0.29, 0.717) is 0 Å². The van der Waals surface area contributed by atoms with E-state index in [0.717, 1.165) is 35.7 Å². The van der Waals surface area contributed by atoms with Crippen LogP contribution in [0.2, 0.25) is 5.02 Å². The van der Waals surface area contributed by atoms with Crippen LogP contribution in [0.25, 0.3) is 0 Å². The molecule has 18 heavy (non-hydrogen) atoms. The second-order valence-corrected chi connectivity index (χ2v) is 6.29. The molecule has 0 bridgehead atoms. The molecule has 1 aliphatic rings. The van der Waals surface area contributed by atoms with Gasteiger partial charge >= 0.3 is 0 Å². The maximum absolute atomic E-state index is 9.65. The number of aliphatic hydroxyl groups is 1. The number of nitrogens with zero attached hydrogens (tertiary/aromatic N) is 1. The fourth-order valence-electron chi connectivity index (χ4n) is 2.31. The van der Waals surface area contributed by atoms with Crippen molar-refractivity contribution in [2.75, 3.05) is 0 Å². The summed E-state index contributed by atoms with van der Waals surface area (Å²) in [5, 5.41) is 11.5. The van der Waals surface area contributed by atoms with Gasteiger partial charge in [0.1, 0.15) is 0 Å². The van der Waals surface area contributed by atoms with Crippen molar-refractivity contribution in [3.05, 3.63) is 50.4 Å². The molecule has 1 aromatic carbocycles. The van der Waals surface area contributed by atoms with Crippen LogP contribution in [-0.4, -0.2) is 16.2 Å². The van der Waals surface area contributed by atoms with Gasteiger partial charge in [0.15, 0.2) is 0 Å². The molecule has 2 nitrogen and oxygen atoms in total. The van der Waals surface area contributed by atoms with E-state index >= 15 is 0 Å². The summed E-state index contributed by atoms with van der Waals surface area (Å²) in [4.78, 5) is 5.93. The van der Waals surface area contributed by atoms with Gasteiger partial charge in [-0.15, -0.1) is 11.3 Å². The van der Waals surface area contributed by atoms with Crippen molar-refractivity contribution in [2.24, 2.45) is 0 Å². The molecule has 3 rings (SSSR count). The number of aromatic nitrogens is 1. The molecule has 1 unspecified atom stereocenters. The van der Waals surface area contributed by atoms with Crippen molar-refractivity contribution in [3.8, 4) is 0 Å². The van der Waals surface area contributed by atoms with Crippen LogP contribution in [0.1, 0.15) is 27.6 Å². The topological polar surface area (TPSA) is 33.1 Å². The summed E-state index contributed by atoms with van der Waals surface area (Å²) in [6.07, 6.45) is 3.16. The first kappa shape index (κ1) is 12.2. The Kier molecular flexibility index (Phi) is 3.37. The van der Waals surface area contributed by atoms with Gasteiger partial charge in [-0.1, -0.05) is 23.7 Å². The Morgan fingerprint density at radius 2 is 2.33 bits per heavy atom. The van der Waals surface area contributed by atoms with Gasteiger partial charge in [-0.25, -0.2) is 4.98 Å². The van der Waals surface area contributed by atoms with Gasteiger partial charge in [0.25, 0.3) is 0 Å². The van der Waals surface area contributed by atoms with Crippen molar-refractivity contribution in [2.45, 2.75) is 31.8 Å².